The molecule has 0 aromatic heterocycles. The molecule has 2 aromatic carbocycles. The average Bonchev–Trinajstić information content (AvgIpc) is 3.17. The average molecular weight is 856 g/mol. The van der Waals surface area contributed by atoms with E-state index in [4.69, 9.17) is 52.2 Å². The number of nitrogens with one attached hydrogen (secondary N) is 2. The van der Waals surface area contributed by atoms with E-state index in [1.165, 1.54) is 30.3 Å². The molecule has 0 aliphatic carbocycles. The molecule has 0 saturated carbocycles. The number of amides is 2. The fourth-order valence-electron chi connectivity index (χ4n) is 5.10. The Morgan fingerprint density at radius 2 is 1.55 bits per heavy atom. The van der Waals surface area contributed by atoms with Crippen molar-refractivity contribution in [2.75, 3.05) is 46.7 Å². The lowest BCUT2D eigenvalue weighted by molar-refractivity contribution is -0.384. The lowest BCUT2D eigenvalue weighted by atomic mass is 9.97. The van der Waals surface area contributed by atoms with Crippen LogP contribution in [0, 0.1) is 10.1 Å². The van der Waals surface area contributed by atoms with Gasteiger partial charge in [0.1, 0.15) is 23.7 Å². The molecule has 1 saturated heterocycles. The number of benzene rings is 2. The minimum absolute atomic E-state index is 0.0211. The predicted octanol–water partition coefficient (Wildman–Crippen LogP) is 1.82. The van der Waals surface area contributed by atoms with Crippen molar-refractivity contribution in [3.63, 3.8) is 0 Å². The van der Waals surface area contributed by atoms with Crippen molar-refractivity contribution >= 4 is 35.8 Å². The third-order valence-electron chi connectivity index (χ3n) is 7.61. The maximum atomic E-state index is 13.6. The van der Waals surface area contributed by atoms with Crippen molar-refractivity contribution in [1.82, 2.24) is 10.8 Å². The molecule has 2 amide bonds. The summed E-state index contributed by atoms with van der Waals surface area (Å²) in [4.78, 5) is 76.7. The number of hydroxylamine groups is 1. The van der Waals surface area contributed by atoms with E-state index in [2.05, 4.69) is 10.8 Å². The summed E-state index contributed by atoms with van der Waals surface area (Å²) in [5.74, 6) is -2.71. The Morgan fingerprint density at radius 3 is 2.17 bits per heavy atom. The summed E-state index contributed by atoms with van der Waals surface area (Å²) in [7, 11) is 1.12. The van der Waals surface area contributed by atoms with Gasteiger partial charge in [-0.25, -0.2) is 9.59 Å². The third kappa shape index (κ3) is 16.5. The molecule has 23 nitrogen and oxygen atoms in total. The number of nitro groups is 1. The van der Waals surface area contributed by atoms with Crippen LogP contribution in [0.3, 0.4) is 0 Å². The van der Waals surface area contributed by atoms with Crippen LogP contribution in [0.15, 0.2) is 42.5 Å². The third-order valence-corrected chi connectivity index (χ3v) is 7.61. The zero-order valence-corrected chi connectivity index (χ0v) is 33.6. The fourth-order valence-corrected chi connectivity index (χ4v) is 5.10. The van der Waals surface area contributed by atoms with Crippen molar-refractivity contribution in [1.29, 1.82) is 0 Å². The number of aliphatic hydroxyl groups excluding tert-OH is 2. The first-order valence-electron chi connectivity index (χ1n) is 18.2. The molecule has 23 heteroatoms. The van der Waals surface area contributed by atoms with E-state index in [-0.39, 0.29) is 67.9 Å². The molecule has 1 fully saturated rings. The highest BCUT2D eigenvalue weighted by molar-refractivity contribution is 5.97. The molecular formula is C37H49N3O20. The van der Waals surface area contributed by atoms with Crippen molar-refractivity contribution in [3.05, 3.63) is 63.7 Å². The van der Waals surface area contributed by atoms with Crippen LogP contribution in [0.5, 0.6) is 11.5 Å². The molecule has 60 heavy (non-hydrogen) atoms. The summed E-state index contributed by atoms with van der Waals surface area (Å²) in [6.45, 7) is 7.25. The van der Waals surface area contributed by atoms with E-state index in [9.17, 15) is 44.3 Å². The largest absolute Gasteiger partial charge is 0.514 e. The highest BCUT2D eigenvalue weighted by Crippen LogP contribution is 2.32. The molecule has 2 aromatic rings. The maximum absolute atomic E-state index is 13.6. The van der Waals surface area contributed by atoms with E-state index in [1.807, 2.05) is 0 Å². The van der Waals surface area contributed by atoms with Crippen LogP contribution in [0.2, 0.25) is 0 Å². The van der Waals surface area contributed by atoms with Crippen molar-refractivity contribution in [2.24, 2.45) is 0 Å². The van der Waals surface area contributed by atoms with E-state index >= 15 is 0 Å². The molecule has 6 atom stereocenters. The van der Waals surface area contributed by atoms with E-state index in [0.717, 1.165) is 33.1 Å². The van der Waals surface area contributed by atoms with Gasteiger partial charge in [-0.1, -0.05) is 6.07 Å². The molecule has 332 valence electrons. The second-order valence-electron chi connectivity index (χ2n) is 13.5. The monoisotopic (exact) mass is 855 g/mol. The van der Waals surface area contributed by atoms with Gasteiger partial charge in [0.2, 0.25) is 6.29 Å². The number of rotatable bonds is 21. The summed E-state index contributed by atoms with van der Waals surface area (Å²) in [6, 6.07) is 8.64. The topological polar surface area (TPSA) is 295 Å². The molecule has 1 aliphatic rings. The number of nitrogens with zero attached hydrogens (tertiary/aromatic N) is 1. The van der Waals surface area contributed by atoms with Gasteiger partial charge >= 0.3 is 24.2 Å². The van der Waals surface area contributed by atoms with Gasteiger partial charge in [0.25, 0.3) is 11.6 Å². The predicted molar refractivity (Wildman–Crippen MR) is 199 cm³/mol. The SMILES string of the molecule is COC(O)[C@H]1OC(Oc2ccc(COC(=O)Oc3ccc([N+](=O)[O-])cc3)cc2C(=O)NCCOCCOCCONC(=O)OC(C)(C)C)[C@H](O)[C@@H](OC(C)=O)[C@@H]1OC(C)=O. The number of hydrogen-bond donors (Lipinski definition) is 4. The van der Waals surface area contributed by atoms with Gasteiger partial charge in [-0.2, -0.15) is 5.48 Å². The summed E-state index contributed by atoms with van der Waals surface area (Å²) >= 11 is 0. The lowest BCUT2D eigenvalue weighted by Crippen LogP contribution is -2.64. The van der Waals surface area contributed by atoms with Gasteiger partial charge < -0.3 is 62.9 Å². The molecule has 1 heterocycles. The molecule has 0 radical (unpaired) electrons. The Labute approximate surface area is 343 Å². The first-order chi connectivity index (χ1) is 28.4. The second kappa shape index (κ2) is 23.8. The van der Waals surface area contributed by atoms with Gasteiger partial charge in [-0.3, -0.25) is 29.3 Å². The van der Waals surface area contributed by atoms with Crippen molar-refractivity contribution in [3.8, 4) is 11.5 Å². The van der Waals surface area contributed by atoms with Crippen LogP contribution in [0.25, 0.3) is 0 Å². The van der Waals surface area contributed by atoms with Gasteiger partial charge in [0.05, 0.1) is 43.5 Å². The summed E-state index contributed by atoms with van der Waals surface area (Å²) < 4.78 is 53.3. The Hall–Kier alpha value is -5.69. The standard InChI is InChI=1S/C37H49N3O20/c1-21(41)55-29-28(43)34(59-31(33(45)50-6)30(29)56-22(2)42)58-27-12-7-23(20-53-36(47)57-25-10-8-24(9-11-25)40(48)49)19-26(27)32(44)38-13-14-51-15-16-52-17-18-54-39-35(46)60-37(3,4)5/h7-12,19,28-31,33-34,43,45H,13-18,20H2,1-6H3,(H,38,44)(H,39,46)/t28-,29-,30+,31+,33?,34?/m1/s1. The summed E-state index contributed by atoms with van der Waals surface area (Å²) in [5, 5.41) is 35.4. The number of ether oxygens (including phenoxy) is 10. The molecule has 0 spiro atoms. The molecule has 1 aliphatic heterocycles. The number of carbonyl (C=O) groups excluding carboxylic acids is 5. The number of esters is 2. The zero-order chi connectivity index (χ0) is 44.4. The molecule has 2 unspecified atom stereocenters. The van der Waals surface area contributed by atoms with E-state index in [0.29, 0.717) is 0 Å². The second-order valence-corrected chi connectivity index (χ2v) is 13.5. The Morgan fingerprint density at radius 1 is 0.917 bits per heavy atom. The van der Waals surface area contributed by atoms with Gasteiger partial charge in [-0.05, 0) is 50.6 Å². The van der Waals surface area contributed by atoms with Gasteiger partial charge in [0, 0.05) is 39.6 Å². The van der Waals surface area contributed by atoms with Gasteiger partial charge in [-0.15, -0.1) is 0 Å². The van der Waals surface area contributed by atoms with Crippen LogP contribution in [-0.2, 0) is 58.9 Å². The lowest BCUT2D eigenvalue weighted by Gasteiger charge is -2.44. The number of aliphatic hydroxyl groups is 2. The molecule has 4 N–H and O–H groups in total. The number of hydrogen-bond acceptors (Lipinski definition) is 20. The Balaban J connectivity index is 1.69. The van der Waals surface area contributed by atoms with Crippen LogP contribution >= 0.6 is 0 Å². The number of nitro benzene ring substituents is 1. The minimum Gasteiger partial charge on any atom is -0.461 e. The molecule has 3 rings (SSSR count). The first kappa shape index (κ1) is 48.7. The smallest absolute Gasteiger partial charge is 0.461 e. The highest BCUT2D eigenvalue weighted by atomic mass is 16.7. The van der Waals surface area contributed by atoms with E-state index < -0.39 is 84.2 Å². The Bertz CT molecular complexity index is 1750. The fraction of sp³-hybridized carbons (Fsp3) is 0.541. The first-order valence-corrected chi connectivity index (χ1v) is 18.2. The molecule has 0 bridgehead atoms. The van der Waals surface area contributed by atoms with E-state index in [1.54, 1.807) is 20.8 Å². The summed E-state index contributed by atoms with van der Waals surface area (Å²) in [6.07, 6.45) is -12.0. The normalized spacial score (nSPS) is 19.2. The van der Waals surface area contributed by atoms with Crippen molar-refractivity contribution < 1.29 is 91.3 Å². The van der Waals surface area contributed by atoms with Crippen LogP contribution < -0.4 is 20.3 Å². The number of carbonyl (C=O) groups is 5. The van der Waals surface area contributed by atoms with Gasteiger partial charge in [0.15, 0.2) is 30.7 Å². The highest BCUT2D eigenvalue weighted by Gasteiger charge is 2.53. The minimum atomic E-state index is -1.85. The maximum Gasteiger partial charge on any atom is 0.514 e. The van der Waals surface area contributed by atoms with Crippen molar-refractivity contribution in [2.45, 2.75) is 83.8 Å². The van der Waals surface area contributed by atoms with Crippen LogP contribution in [0.4, 0.5) is 15.3 Å². The van der Waals surface area contributed by atoms with Crippen LogP contribution in [0.1, 0.15) is 50.5 Å². The van der Waals surface area contributed by atoms with Crippen LogP contribution in [-0.4, -0.2) is 135 Å². The number of methoxy groups -OCH3 is 1. The Kier molecular flexibility index (Phi) is 19.3. The summed E-state index contributed by atoms with van der Waals surface area (Å²) in [5.41, 5.74) is 1.30. The zero-order valence-electron chi connectivity index (χ0n) is 33.6. The molecular weight excluding hydrogens is 806 g/mol. The quantitative estimate of drug-likeness (QED) is 0.0265. The number of non-ortho nitro benzene ring substituents is 1.